The zero-order valence-electron chi connectivity index (χ0n) is 15.5. The summed E-state index contributed by atoms with van der Waals surface area (Å²) in [7, 11) is -3.60. The summed E-state index contributed by atoms with van der Waals surface area (Å²) >= 11 is 0. The molecule has 3 rings (SSSR count). The largest absolute Gasteiger partial charge is 0.494 e. The molecule has 2 heterocycles. The van der Waals surface area contributed by atoms with Crippen LogP contribution in [0.2, 0.25) is 0 Å². The molecule has 1 aromatic carbocycles. The fourth-order valence-electron chi connectivity index (χ4n) is 2.76. The fraction of sp³-hybridized carbons (Fsp3) is 0.350. The summed E-state index contributed by atoms with van der Waals surface area (Å²) in [5, 5.41) is 1.08. The summed E-state index contributed by atoms with van der Waals surface area (Å²) in [6.45, 7) is 4.99. The smallest absolute Gasteiger partial charge is 0.212 e. The first-order valence-electron chi connectivity index (χ1n) is 9.11. The Morgan fingerprint density at radius 3 is 2.57 bits per heavy atom. The Morgan fingerprint density at radius 1 is 1.14 bits per heavy atom. The Bertz CT molecular complexity index is 877. The van der Waals surface area contributed by atoms with Crippen molar-refractivity contribution < 1.29 is 22.3 Å². The zero-order chi connectivity index (χ0) is 19.8. The van der Waals surface area contributed by atoms with Gasteiger partial charge in [-0.05, 0) is 54.5 Å². The number of sulfone groups is 1. The van der Waals surface area contributed by atoms with Gasteiger partial charge >= 0.3 is 0 Å². The molecule has 0 N–H and O–H groups in total. The van der Waals surface area contributed by atoms with Crippen molar-refractivity contribution in [1.82, 2.24) is 9.88 Å². The number of pyridine rings is 1. The lowest BCUT2D eigenvalue weighted by atomic mass is 10.3. The standard InChI is InChI=1S/C20H23FN2O4S/c21-20-7-2-17(16-22-20)8-15-28(24,25)19-5-3-18(4-6-19)27-12-1-9-23-10-13-26-14-11-23/h2-8,15-16H,1,9-14H2/b15-8+. The maximum Gasteiger partial charge on any atom is 0.212 e. The first-order valence-corrected chi connectivity index (χ1v) is 10.7. The van der Waals surface area contributed by atoms with Crippen molar-refractivity contribution in [2.75, 3.05) is 39.5 Å². The average molecular weight is 406 g/mol. The van der Waals surface area contributed by atoms with Gasteiger partial charge < -0.3 is 9.47 Å². The normalized spacial score (nSPS) is 15.8. The number of hydrogen-bond donors (Lipinski definition) is 0. The Hall–Kier alpha value is -2.29. The number of benzene rings is 1. The molecule has 150 valence electrons. The molecule has 1 fully saturated rings. The third kappa shape index (κ3) is 6.12. The van der Waals surface area contributed by atoms with Gasteiger partial charge in [0.05, 0.1) is 24.7 Å². The number of aromatic nitrogens is 1. The van der Waals surface area contributed by atoms with Gasteiger partial charge in [-0.15, -0.1) is 0 Å². The van der Waals surface area contributed by atoms with E-state index in [4.69, 9.17) is 9.47 Å². The summed E-state index contributed by atoms with van der Waals surface area (Å²) in [6, 6.07) is 8.96. The highest BCUT2D eigenvalue weighted by Crippen LogP contribution is 2.19. The number of rotatable bonds is 8. The van der Waals surface area contributed by atoms with Crippen LogP contribution in [-0.2, 0) is 14.6 Å². The van der Waals surface area contributed by atoms with Gasteiger partial charge in [-0.1, -0.05) is 0 Å². The lowest BCUT2D eigenvalue weighted by molar-refractivity contribution is 0.0358. The molecule has 1 aromatic heterocycles. The van der Waals surface area contributed by atoms with Crippen molar-refractivity contribution >= 4 is 15.9 Å². The van der Waals surface area contributed by atoms with E-state index < -0.39 is 15.8 Å². The first-order chi connectivity index (χ1) is 13.5. The van der Waals surface area contributed by atoms with Crippen LogP contribution in [0.15, 0.2) is 52.9 Å². The van der Waals surface area contributed by atoms with Crippen molar-refractivity contribution in [1.29, 1.82) is 0 Å². The fourth-order valence-corrected chi connectivity index (χ4v) is 3.77. The number of hydrogen-bond acceptors (Lipinski definition) is 6. The van der Waals surface area contributed by atoms with E-state index in [2.05, 4.69) is 9.88 Å². The Balaban J connectivity index is 1.50. The Kier molecular flexibility index (Phi) is 7.13. The van der Waals surface area contributed by atoms with E-state index >= 15 is 0 Å². The molecule has 0 aliphatic carbocycles. The van der Waals surface area contributed by atoms with Gasteiger partial charge in [-0.25, -0.2) is 13.4 Å². The molecule has 0 radical (unpaired) electrons. The van der Waals surface area contributed by atoms with Crippen LogP contribution in [0.1, 0.15) is 12.0 Å². The molecule has 0 unspecified atom stereocenters. The molecule has 1 aliphatic heterocycles. The molecule has 6 nitrogen and oxygen atoms in total. The minimum absolute atomic E-state index is 0.166. The summed E-state index contributed by atoms with van der Waals surface area (Å²) in [5.74, 6) is 0.0215. The highest BCUT2D eigenvalue weighted by atomic mass is 32.2. The SMILES string of the molecule is O=S(=O)(/C=C/c1ccc(F)nc1)c1ccc(OCCCN2CCOCC2)cc1. The van der Waals surface area contributed by atoms with Gasteiger partial charge in [0.2, 0.25) is 5.95 Å². The second-order valence-electron chi connectivity index (χ2n) is 6.39. The molecule has 8 heteroatoms. The molecule has 0 amide bonds. The zero-order valence-corrected chi connectivity index (χ0v) is 16.3. The van der Waals surface area contributed by atoms with E-state index in [1.54, 1.807) is 12.1 Å². The second-order valence-corrected chi connectivity index (χ2v) is 8.22. The summed E-state index contributed by atoms with van der Waals surface area (Å²) < 4.78 is 48.6. The highest BCUT2D eigenvalue weighted by Gasteiger charge is 2.11. The summed E-state index contributed by atoms with van der Waals surface area (Å²) in [4.78, 5) is 6.00. The van der Waals surface area contributed by atoms with Crippen LogP contribution in [0.3, 0.4) is 0 Å². The highest BCUT2D eigenvalue weighted by molar-refractivity contribution is 7.94. The second kappa shape index (κ2) is 9.77. The maximum atomic E-state index is 12.8. The number of ether oxygens (including phenoxy) is 2. The number of halogens is 1. The molecule has 0 spiro atoms. The van der Waals surface area contributed by atoms with Crippen molar-refractivity contribution in [3.8, 4) is 5.75 Å². The predicted molar refractivity (Wildman–Crippen MR) is 104 cm³/mol. The molecular formula is C20H23FN2O4S. The van der Waals surface area contributed by atoms with Crippen LogP contribution >= 0.6 is 0 Å². The minimum Gasteiger partial charge on any atom is -0.494 e. The molecule has 2 aromatic rings. The summed E-state index contributed by atoms with van der Waals surface area (Å²) in [5.41, 5.74) is 0.505. The van der Waals surface area contributed by atoms with Crippen LogP contribution in [0, 0.1) is 5.95 Å². The van der Waals surface area contributed by atoms with Gasteiger partial charge in [0.15, 0.2) is 9.84 Å². The first kappa shape index (κ1) is 20.4. The van der Waals surface area contributed by atoms with Crippen molar-refractivity contribution in [2.45, 2.75) is 11.3 Å². The average Bonchev–Trinajstić information content (AvgIpc) is 2.72. The lowest BCUT2D eigenvalue weighted by Crippen LogP contribution is -2.37. The van der Waals surface area contributed by atoms with Gasteiger partial charge in [0.1, 0.15) is 5.75 Å². The molecule has 0 bridgehead atoms. The van der Waals surface area contributed by atoms with Crippen LogP contribution < -0.4 is 4.74 Å². The van der Waals surface area contributed by atoms with Gasteiger partial charge in [0, 0.05) is 31.2 Å². The van der Waals surface area contributed by atoms with E-state index in [-0.39, 0.29) is 4.90 Å². The Labute approximate surface area is 164 Å². The van der Waals surface area contributed by atoms with Crippen LogP contribution in [-0.4, -0.2) is 57.8 Å². The van der Waals surface area contributed by atoms with Crippen LogP contribution in [0.4, 0.5) is 4.39 Å². The molecule has 28 heavy (non-hydrogen) atoms. The number of nitrogens with zero attached hydrogens (tertiary/aromatic N) is 2. The van der Waals surface area contributed by atoms with Crippen molar-refractivity contribution in [2.24, 2.45) is 0 Å². The molecule has 1 aliphatic rings. The lowest BCUT2D eigenvalue weighted by Gasteiger charge is -2.26. The Morgan fingerprint density at radius 2 is 1.89 bits per heavy atom. The van der Waals surface area contributed by atoms with Crippen molar-refractivity contribution in [3.05, 3.63) is 59.5 Å². The predicted octanol–water partition coefficient (Wildman–Crippen LogP) is 2.77. The monoisotopic (exact) mass is 406 g/mol. The van der Waals surface area contributed by atoms with Gasteiger partial charge in [-0.2, -0.15) is 4.39 Å². The third-order valence-corrected chi connectivity index (χ3v) is 5.76. The molecule has 1 saturated heterocycles. The van der Waals surface area contributed by atoms with Crippen LogP contribution in [0.25, 0.3) is 6.08 Å². The molecule has 0 atom stereocenters. The van der Waals surface area contributed by atoms with Gasteiger partial charge in [0.25, 0.3) is 0 Å². The summed E-state index contributed by atoms with van der Waals surface area (Å²) in [6.07, 6.45) is 3.56. The van der Waals surface area contributed by atoms with Gasteiger partial charge in [-0.3, -0.25) is 4.90 Å². The minimum atomic E-state index is -3.60. The van der Waals surface area contributed by atoms with E-state index in [1.165, 1.54) is 36.5 Å². The van der Waals surface area contributed by atoms with Crippen LogP contribution in [0.5, 0.6) is 5.75 Å². The van der Waals surface area contributed by atoms with E-state index in [0.717, 1.165) is 44.7 Å². The number of morpholine rings is 1. The van der Waals surface area contributed by atoms with E-state index in [0.29, 0.717) is 17.9 Å². The topological polar surface area (TPSA) is 68.7 Å². The third-order valence-electron chi connectivity index (χ3n) is 4.33. The molecular weight excluding hydrogens is 383 g/mol. The molecule has 0 saturated carbocycles. The van der Waals surface area contributed by atoms with E-state index in [9.17, 15) is 12.8 Å². The maximum absolute atomic E-state index is 12.8. The van der Waals surface area contributed by atoms with Crippen molar-refractivity contribution in [3.63, 3.8) is 0 Å². The quantitative estimate of drug-likeness (QED) is 0.496. The van der Waals surface area contributed by atoms with E-state index in [1.807, 2.05) is 0 Å².